The molecule has 39 heavy (non-hydrogen) atoms. The summed E-state index contributed by atoms with van der Waals surface area (Å²) in [5.74, 6) is -0.615. The highest BCUT2D eigenvalue weighted by Crippen LogP contribution is 2.34. The molecule has 6 rings (SSSR count). The van der Waals surface area contributed by atoms with Gasteiger partial charge in [-0.05, 0) is 37.1 Å². The van der Waals surface area contributed by atoms with Crippen LogP contribution in [0.4, 0.5) is 14.5 Å². The van der Waals surface area contributed by atoms with E-state index in [0.717, 1.165) is 12.8 Å². The quantitative estimate of drug-likeness (QED) is 0.184. The highest BCUT2D eigenvalue weighted by atomic mass is 19.1. The Morgan fingerprint density at radius 3 is 2.77 bits per heavy atom. The highest BCUT2D eigenvalue weighted by Gasteiger charge is 2.22. The van der Waals surface area contributed by atoms with E-state index >= 15 is 4.39 Å². The number of nitrogens with one attached hydrogen (secondary N) is 3. The third-order valence-electron chi connectivity index (χ3n) is 6.46. The van der Waals surface area contributed by atoms with Crippen molar-refractivity contribution < 1.29 is 13.9 Å². The van der Waals surface area contributed by atoms with Crippen molar-refractivity contribution in [2.45, 2.75) is 32.4 Å². The zero-order valence-electron chi connectivity index (χ0n) is 20.9. The number of aliphatic hydroxyl groups is 1. The van der Waals surface area contributed by atoms with E-state index in [-0.39, 0.29) is 28.1 Å². The SMILES string of the molecule is CCCCC(O)Nc1cncc(-c2cnc3[nH]nc(-c4nc5c(-c6cccc(F)c6)nccc5[nH]4)c3c2F)c1. The van der Waals surface area contributed by atoms with Gasteiger partial charge in [-0.25, -0.2) is 18.7 Å². The molecule has 0 aliphatic rings. The van der Waals surface area contributed by atoms with Crippen LogP contribution < -0.4 is 5.32 Å². The molecule has 0 bridgehead atoms. The molecule has 1 unspecified atom stereocenters. The average Bonchev–Trinajstić information content (AvgIpc) is 3.57. The summed E-state index contributed by atoms with van der Waals surface area (Å²) in [5.41, 5.74) is 3.99. The number of aromatic nitrogens is 7. The molecular formula is C28H24F2N8O. The smallest absolute Gasteiger partial charge is 0.159 e. The molecule has 11 heteroatoms. The summed E-state index contributed by atoms with van der Waals surface area (Å²) in [6, 6.07) is 9.55. The first-order valence-corrected chi connectivity index (χ1v) is 12.6. The maximum Gasteiger partial charge on any atom is 0.159 e. The minimum atomic E-state index is -0.729. The number of anilines is 1. The normalized spacial score (nSPS) is 12.3. The van der Waals surface area contributed by atoms with Crippen molar-refractivity contribution in [3.63, 3.8) is 0 Å². The number of unbranched alkanes of at least 4 members (excludes halogenated alkanes) is 1. The maximum atomic E-state index is 16.0. The van der Waals surface area contributed by atoms with Crippen molar-refractivity contribution >= 4 is 27.8 Å². The summed E-state index contributed by atoms with van der Waals surface area (Å²) in [5, 5.41) is 20.5. The van der Waals surface area contributed by atoms with E-state index in [4.69, 9.17) is 0 Å². The second-order valence-corrected chi connectivity index (χ2v) is 9.20. The molecule has 0 spiro atoms. The van der Waals surface area contributed by atoms with Crippen LogP contribution >= 0.6 is 0 Å². The lowest BCUT2D eigenvalue weighted by molar-refractivity contribution is 0.190. The molecule has 0 aliphatic carbocycles. The Kier molecular flexibility index (Phi) is 6.41. The van der Waals surface area contributed by atoms with Gasteiger partial charge in [-0.15, -0.1) is 0 Å². The molecule has 0 radical (unpaired) electrons. The third kappa shape index (κ3) is 4.68. The first-order valence-electron chi connectivity index (χ1n) is 12.6. The fourth-order valence-electron chi connectivity index (χ4n) is 4.55. The zero-order valence-corrected chi connectivity index (χ0v) is 20.9. The van der Waals surface area contributed by atoms with E-state index < -0.39 is 12.0 Å². The van der Waals surface area contributed by atoms with Crippen LogP contribution in [-0.4, -0.2) is 46.5 Å². The number of aromatic amines is 2. The largest absolute Gasteiger partial charge is 0.374 e. The number of pyridine rings is 3. The fourth-order valence-corrected chi connectivity index (χ4v) is 4.55. The lowest BCUT2D eigenvalue weighted by Gasteiger charge is -2.14. The van der Waals surface area contributed by atoms with Crippen LogP contribution in [0.25, 0.3) is 56.0 Å². The third-order valence-corrected chi connectivity index (χ3v) is 6.46. The van der Waals surface area contributed by atoms with E-state index in [1.165, 1.54) is 24.5 Å². The van der Waals surface area contributed by atoms with Crippen LogP contribution in [0.5, 0.6) is 0 Å². The predicted molar refractivity (Wildman–Crippen MR) is 145 cm³/mol. The number of imidazole rings is 1. The summed E-state index contributed by atoms with van der Waals surface area (Å²) >= 11 is 0. The number of hydrogen-bond acceptors (Lipinski definition) is 7. The molecule has 0 saturated carbocycles. The minimum absolute atomic E-state index is 0.160. The molecule has 9 nitrogen and oxygen atoms in total. The average molecular weight is 527 g/mol. The second-order valence-electron chi connectivity index (χ2n) is 9.20. The van der Waals surface area contributed by atoms with Gasteiger partial charge in [-0.2, -0.15) is 5.10 Å². The Hall–Kier alpha value is -4.77. The molecule has 4 N–H and O–H groups in total. The lowest BCUT2D eigenvalue weighted by atomic mass is 10.1. The van der Waals surface area contributed by atoms with Crippen LogP contribution in [0.1, 0.15) is 26.2 Å². The van der Waals surface area contributed by atoms with Crippen LogP contribution in [0, 0.1) is 11.6 Å². The summed E-state index contributed by atoms with van der Waals surface area (Å²) in [6.45, 7) is 2.05. The number of rotatable bonds is 8. The molecule has 1 aromatic carbocycles. The molecule has 0 amide bonds. The fraction of sp³-hybridized carbons (Fsp3) is 0.179. The van der Waals surface area contributed by atoms with E-state index in [0.29, 0.717) is 45.8 Å². The van der Waals surface area contributed by atoms with Gasteiger partial charge in [0.25, 0.3) is 0 Å². The van der Waals surface area contributed by atoms with Crippen molar-refractivity contribution in [2.24, 2.45) is 0 Å². The maximum absolute atomic E-state index is 16.0. The molecule has 1 atom stereocenters. The second kappa shape index (κ2) is 10.2. The van der Waals surface area contributed by atoms with Gasteiger partial charge in [0.15, 0.2) is 11.5 Å². The molecule has 0 saturated heterocycles. The summed E-state index contributed by atoms with van der Waals surface area (Å²) < 4.78 is 29.9. The molecule has 0 fully saturated rings. The van der Waals surface area contributed by atoms with E-state index in [1.54, 1.807) is 36.7 Å². The number of benzene rings is 1. The predicted octanol–water partition coefficient (Wildman–Crippen LogP) is 5.82. The molecule has 0 aliphatic heterocycles. The van der Waals surface area contributed by atoms with Gasteiger partial charge in [0.1, 0.15) is 29.1 Å². The Bertz CT molecular complexity index is 1800. The van der Waals surface area contributed by atoms with E-state index in [1.807, 2.05) is 0 Å². The monoisotopic (exact) mass is 526 g/mol. The van der Waals surface area contributed by atoms with Gasteiger partial charge >= 0.3 is 0 Å². The first-order chi connectivity index (χ1) is 19.0. The number of halogens is 2. The highest BCUT2D eigenvalue weighted by molar-refractivity contribution is 5.96. The summed E-state index contributed by atoms with van der Waals surface area (Å²) in [7, 11) is 0. The Morgan fingerprint density at radius 2 is 1.92 bits per heavy atom. The first kappa shape index (κ1) is 24.6. The molecular weight excluding hydrogens is 502 g/mol. The van der Waals surface area contributed by atoms with Crippen LogP contribution in [0.15, 0.2) is 61.2 Å². The van der Waals surface area contributed by atoms with Gasteiger partial charge in [0.05, 0.1) is 28.5 Å². The van der Waals surface area contributed by atoms with Crippen LogP contribution in [-0.2, 0) is 0 Å². The van der Waals surface area contributed by atoms with Gasteiger partial charge in [-0.1, -0.05) is 25.5 Å². The topological polar surface area (TPSA) is 128 Å². The van der Waals surface area contributed by atoms with Crippen LogP contribution in [0.3, 0.4) is 0 Å². The zero-order chi connectivity index (χ0) is 26.9. The summed E-state index contributed by atoms with van der Waals surface area (Å²) in [4.78, 5) is 20.8. The molecule has 6 aromatic rings. The van der Waals surface area contributed by atoms with Crippen molar-refractivity contribution in [2.75, 3.05) is 5.32 Å². The number of H-pyrrole nitrogens is 2. The molecule has 196 valence electrons. The molecule has 5 aromatic heterocycles. The Labute approximate surface area is 221 Å². The van der Waals surface area contributed by atoms with Crippen molar-refractivity contribution in [1.82, 2.24) is 35.1 Å². The van der Waals surface area contributed by atoms with Gasteiger partial charge in [-0.3, -0.25) is 15.1 Å². The van der Waals surface area contributed by atoms with Gasteiger partial charge in [0, 0.05) is 35.3 Å². The van der Waals surface area contributed by atoms with Gasteiger partial charge < -0.3 is 15.4 Å². The van der Waals surface area contributed by atoms with Crippen molar-refractivity contribution in [3.05, 3.63) is 72.8 Å². The molecule has 5 heterocycles. The minimum Gasteiger partial charge on any atom is -0.374 e. The number of hydrogen-bond donors (Lipinski definition) is 4. The number of aliphatic hydroxyl groups excluding tert-OH is 1. The lowest BCUT2D eigenvalue weighted by Crippen LogP contribution is -2.18. The summed E-state index contributed by atoms with van der Waals surface area (Å²) in [6.07, 6.45) is 7.83. The number of nitrogens with zero attached hydrogens (tertiary/aromatic N) is 5. The van der Waals surface area contributed by atoms with E-state index in [2.05, 4.69) is 47.4 Å². The number of fused-ring (bicyclic) bond motifs is 2. The van der Waals surface area contributed by atoms with E-state index in [9.17, 15) is 9.50 Å². The standard InChI is InChI=1S/C28H24F2N8O/c1-2-3-7-21(39)34-18-11-16(12-31-13-18)19-14-33-27-22(23(19)30)26(37-38-27)28-35-20-8-9-32-24(25(20)36-28)15-5-4-6-17(29)10-15/h4-6,8-14,21,34,39H,2-3,7H2,1H3,(H,35,36)(H,33,37,38). The Morgan fingerprint density at radius 1 is 1.03 bits per heavy atom. The van der Waals surface area contributed by atoms with Crippen molar-refractivity contribution in [3.8, 4) is 33.9 Å². The van der Waals surface area contributed by atoms with Crippen LogP contribution in [0.2, 0.25) is 0 Å². The van der Waals surface area contributed by atoms with Gasteiger partial charge in [0.2, 0.25) is 0 Å². The Balaban J connectivity index is 1.41. The van der Waals surface area contributed by atoms with Crippen molar-refractivity contribution in [1.29, 1.82) is 0 Å².